The van der Waals surface area contributed by atoms with Crippen molar-refractivity contribution in [1.29, 1.82) is 0 Å². The lowest BCUT2D eigenvalue weighted by molar-refractivity contribution is -0.146. The molecule has 0 saturated heterocycles. The van der Waals surface area contributed by atoms with E-state index in [2.05, 4.69) is 48.5 Å². The van der Waals surface area contributed by atoms with Crippen LogP contribution in [0.2, 0.25) is 0 Å². The predicted octanol–water partition coefficient (Wildman–Crippen LogP) is 4.82. The largest absolute Gasteiger partial charge is 0.469 e. The number of rotatable bonds is 7. The molecule has 18 heavy (non-hydrogen) atoms. The molecule has 0 fully saturated rings. The van der Waals surface area contributed by atoms with Crippen molar-refractivity contribution in [3.8, 4) is 0 Å². The number of hydrogen-bond donors (Lipinski definition) is 0. The van der Waals surface area contributed by atoms with Crippen LogP contribution < -0.4 is 0 Å². The lowest BCUT2D eigenvalue weighted by Crippen LogP contribution is -2.40. The monoisotopic (exact) mass is 256 g/mol. The van der Waals surface area contributed by atoms with Gasteiger partial charge in [-0.05, 0) is 22.7 Å². The van der Waals surface area contributed by atoms with Gasteiger partial charge in [0, 0.05) is 0 Å². The van der Waals surface area contributed by atoms with Gasteiger partial charge in [0.25, 0.3) is 0 Å². The van der Waals surface area contributed by atoms with E-state index >= 15 is 0 Å². The molecule has 0 radical (unpaired) electrons. The molecule has 0 spiro atoms. The maximum atomic E-state index is 11.7. The molecule has 1 unspecified atom stereocenters. The van der Waals surface area contributed by atoms with Crippen molar-refractivity contribution < 1.29 is 9.53 Å². The number of carbonyl (C=O) groups excluding carboxylic acids is 1. The van der Waals surface area contributed by atoms with Crippen molar-refractivity contribution in [1.82, 2.24) is 0 Å². The summed E-state index contributed by atoms with van der Waals surface area (Å²) in [6.07, 6.45) is 3.75. The molecule has 0 amide bonds. The Kier molecular flexibility index (Phi) is 5.90. The topological polar surface area (TPSA) is 26.3 Å². The van der Waals surface area contributed by atoms with Gasteiger partial charge < -0.3 is 4.74 Å². The van der Waals surface area contributed by atoms with Crippen LogP contribution in [0.3, 0.4) is 0 Å². The normalized spacial score (nSPS) is 16.2. The fraction of sp³-hybridized carbons (Fsp3) is 0.938. The quantitative estimate of drug-likeness (QED) is 0.610. The summed E-state index contributed by atoms with van der Waals surface area (Å²) < 4.78 is 4.89. The van der Waals surface area contributed by atoms with Crippen molar-refractivity contribution in [2.75, 3.05) is 7.11 Å². The Balaban J connectivity index is 5.22. The molecule has 0 aromatic carbocycles. The number of methoxy groups -OCH3 is 1. The van der Waals surface area contributed by atoms with Crippen LogP contribution in [-0.4, -0.2) is 13.1 Å². The van der Waals surface area contributed by atoms with Gasteiger partial charge in [-0.25, -0.2) is 0 Å². The fourth-order valence-electron chi connectivity index (χ4n) is 2.54. The molecule has 0 rings (SSSR count). The van der Waals surface area contributed by atoms with Crippen LogP contribution in [0.15, 0.2) is 0 Å². The Hall–Kier alpha value is -0.530. The number of esters is 1. The summed E-state index contributed by atoms with van der Waals surface area (Å²) in [7, 11) is 1.48. The average molecular weight is 256 g/mol. The number of carbonyl (C=O) groups is 1. The molecule has 2 heteroatoms. The third kappa shape index (κ3) is 4.29. The SMILES string of the molecule is CCC(C)(C)CC(C)(CC(=O)OC)C(C)(C)CC. The second kappa shape index (κ2) is 6.08. The van der Waals surface area contributed by atoms with Crippen LogP contribution in [0.4, 0.5) is 0 Å². The highest BCUT2D eigenvalue weighted by molar-refractivity contribution is 5.70. The van der Waals surface area contributed by atoms with Crippen LogP contribution in [0.5, 0.6) is 0 Å². The fourth-order valence-corrected chi connectivity index (χ4v) is 2.54. The molecule has 2 nitrogen and oxygen atoms in total. The molecule has 1 atom stereocenters. The Labute approximate surface area is 113 Å². The van der Waals surface area contributed by atoms with Crippen molar-refractivity contribution in [2.24, 2.45) is 16.2 Å². The Morgan fingerprint density at radius 1 is 1.00 bits per heavy atom. The minimum atomic E-state index is -0.0917. The lowest BCUT2D eigenvalue weighted by Gasteiger charge is -2.47. The van der Waals surface area contributed by atoms with E-state index in [0.29, 0.717) is 6.42 Å². The molecular weight excluding hydrogens is 224 g/mol. The maximum absolute atomic E-state index is 11.7. The predicted molar refractivity (Wildman–Crippen MR) is 77.5 cm³/mol. The second-order valence-corrected chi connectivity index (χ2v) is 7.25. The Morgan fingerprint density at radius 2 is 1.50 bits per heavy atom. The van der Waals surface area contributed by atoms with Gasteiger partial charge in [-0.1, -0.05) is 61.3 Å². The van der Waals surface area contributed by atoms with E-state index in [1.165, 1.54) is 7.11 Å². The summed E-state index contributed by atoms with van der Waals surface area (Å²) in [5, 5.41) is 0. The van der Waals surface area contributed by atoms with Crippen LogP contribution in [0.1, 0.15) is 74.1 Å². The number of hydrogen-bond acceptors (Lipinski definition) is 2. The van der Waals surface area contributed by atoms with Gasteiger partial charge in [0.05, 0.1) is 13.5 Å². The van der Waals surface area contributed by atoms with Gasteiger partial charge >= 0.3 is 5.97 Å². The first-order valence-corrected chi connectivity index (χ1v) is 7.10. The first-order chi connectivity index (χ1) is 8.03. The molecular formula is C16H32O2. The summed E-state index contributed by atoms with van der Waals surface area (Å²) in [5.74, 6) is -0.0917. The van der Waals surface area contributed by atoms with E-state index in [-0.39, 0.29) is 22.2 Å². The summed E-state index contributed by atoms with van der Waals surface area (Å²) in [4.78, 5) is 11.7. The van der Waals surface area contributed by atoms with E-state index in [0.717, 1.165) is 19.3 Å². The van der Waals surface area contributed by atoms with E-state index < -0.39 is 0 Å². The van der Waals surface area contributed by atoms with E-state index in [4.69, 9.17) is 4.74 Å². The van der Waals surface area contributed by atoms with Crippen molar-refractivity contribution >= 4 is 5.97 Å². The highest BCUT2D eigenvalue weighted by atomic mass is 16.5. The van der Waals surface area contributed by atoms with Gasteiger partial charge in [-0.2, -0.15) is 0 Å². The zero-order chi connectivity index (χ0) is 14.6. The molecule has 0 aliphatic heterocycles. The molecule has 0 aliphatic carbocycles. The molecule has 0 saturated carbocycles. The maximum Gasteiger partial charge on any atom is 0.306 e. The van der Waals surface area contributed by atoms with Gasteiger partial charge in [0.15, 0.2) is 0 Å². The molecule has 0 N–H and O–H groups in total. The van der Waals surface area contributed by atoms with Crippen LogP contribution >= 0.6 is 0 Å². The smallest absolute Gasteiger partial charge is 0.306 e. The molecule has 0 aromatic rings. The molecule has 108 valence electrons. The minimum absolute atomic E-state index is 0.0195. The average Bonchev–Trinajstić information content (AvgIpc) is 2.27. The van der Waals surface area contributed by atoms with Crippen LogP contribution in [-0.2, 0) is 9.53 Å². The third-order valence-electron chi connectivity index (χ3n) is 5.11. The van der Waals surface area contributed by atoms with Crippen molar-refractivity contribution in [3.63, 3.8) is 0 Å². The van der Waals surface area contributed by atoms with Gasteiger partial charge in [-0.15, -0.1) is 0 Å². The highest BCUT2D eigenvalue weighted by Gasteiger charge is 2.44. The molecule has 0 bridgehead atoms. The van der Waals surface area contributed by atoms with Crippen LogP contribution in [0, 0.1) is 16.2 Å². The van der Waals surface area contributed by atoms with Gasteiger partial charge in [-0.3, -0.25) is 4.79 Å². The molecule has 0 heterocycles. The summed E-state index contributed by atoms with van der Waals surface area (Å²) in [6.45, 7) is 15.8. The minimum Gasteiger partial charge on any atom is -0.469 e. The van der Waals surface area contributed by atoms with Crippen molar-refractivity contribution in [2.45, 2.75) is 74.1 Å². The second-order valence-electron chi connectivity index (χ2n) is 7.25. The summed E-state index contributed by atoms with van der Waals surface area (Å²) >= 11 is 0. The standard InChI is InChI=1S/C16H32O2/c1-9-14(3,4)12-16(7,11-13(17)18-8)15(5,6)10-2/h9-12H2,1-8H3. The summed E-state index contributed by atoms with van der Waals surface area (Å²) in [6, 6.07) is 0. The van der Waals surface area contributed by atoms with E-state index in [9.17, 15) is 4.79 Å². The van der Waals surface area contributed by atoms with Crippen molar-refractivity contribution in [3.05, 3.63) is 0 Å². The Morgan fingerprint density at radius 3 is 1.83 bits per heavy atom. The van der Waals surface area contributed by atoms with Gasteiger partial charge in [0.2, 0.25) is 0 Å². The van der Waals surface area contributed by atoms with E-state index in [1.54, 1.807) is 0 Å². The third-order valence-corrected chi connectivity index (χ3v) is 5.11. The lowest BCUT2D eigenvalue weighted by atomic mass is 9.57. The number of ether oxygens (including phenoxy) is 1. The summed E-state index contributed by atoms with van der Waals surface area (Å²) in [5.41, 5.74) is 0.372. The van der Waals surface area contributed by atoms with Gasteiger partial charge in [0.1, 0.15) is 0 Å². The molecule has 0 aromatic heterocycles. The first kappa shape index (κ1) is 17.5. The zero-order valence-electron chi connectivity index (χ0n) is 13.6. The zero-order valence-corrected chi connectivity index (χ0v) is 13.6. The van der Waals surface area contributed by atoms with E-state index in [1.807, 2.05) is 0 Å². The van der Waals surface area contributed by atoms with Crippen LogP contribution in [0.25, 0.3) is 0 Å². The highest BCUT2D eigenvalue weighted by Crippen LogP contribution is 2.51. The Bertz CT molecular complexity index is 279. The molecule has 0 aliphatic rings. The first-order valence-electron chi connectivity index (χ1n) is 7.10.